The first-order chi connectivity index (χ1) is 6.97. The molecule has 0 amide bonds. The molecule has 1 unspecified atom stereocenters. The Morgan fingerprint density at radius 2 is 2.20 bits per heavy atom. The van der Waals surface area contributed by atoms with Crippen molar-refractivity contribution in [3.8, 4) is 0 Å². The number of hydrogen-bond donors (Lipinski definition) is 1. The minimum atomic E-state index is -0.907. The van der Waals surface area contributed by atoms with E-state index in [4.69, 9.17) is 5.11 Å². The molecule has 82 valence electrons. The van der Waals surface area contributed by atoms with Crippen LogP contribution in [0.25, 0.3) is 0 Å². The lowest BCUT2D eigenvalue weighted by Gasteiger charge is -2.10. The smallest absolute Gasteiger partial charge is 0.310 e. The third-order valence-electron chi connectivity index (χ3n) is 2.38. The number of carboxylic acids is 1. The van der Waals surface area contributed by atoms with E-state index in [1.165, 1.54) is 6.07 Å². The van der Waals surface area contributed by atoms with Gasteiger partial charge < -0.3 is 5.11 Å². The molecule has 0 aliphatic rings. The molecule has 1 rings (SSSR count). The average molecular weight is 275 g/mol. The molecular formula is C11H12BrFO2. The van der Waals surface area contributed by atoms with E-state index in [2.05, 4.69) is 15.9 Å². The van der Waals surface area contributed by atoms with Crippen molar-refractivity contribution in [2.24, 2.45) is 0 Å². The van der Waals surface area contributed by atoms with Gasteiger partial charge in [-0.25, -0.2) is 4.39 Å². The van der Waals surface area contributed by atoms with Gasteiger partial charge in [-0.1, -0.05) is 13.0 Å². The number of halogens is 2. The van der Waals surface area contributed by atoms with Crippen LogP contribution in [-0.2, 0) is 11.2 Å². The number of rotatable bonds is 3. The first-order valence-corrected chi connectivity index (χ1v) is 5.47. The molecule has 4 heteroatoms. The Labute approximate surface area is 96.2 Å². The van der Waals surface area contributed by atoms with E-state index < -0.39 is 11.9 Å². The fourth-order valence-corrected chi connectivity index (χ4v) is 1.84. The molecule has 0 saturated heterocycles. The van der Waals surface area contributed by atoms with Gasteiger partial charge >= 0.3 is 5.97 Å². The summed E-state index contributed by atoms with van der Waals surface area (Å²) < 4.78 is 13.8. The molecule has 15 heavy (non-hydrogen) atoms. The van der Waals surface area contributed by atoms with Crippen molar-refractivity contribution in [1.82, 2.24) is 0 Å². The summed E-state index contributed by atoms with van der Waals surface area (Å²) in [5.74, 6) is -1.83. The lowest BCUT2D eigenvalue weighted by molar-refractivity contribution is -0.138. The summed E-state index contributed by atoms with van der Waals surface area (Å²) in [5.41, 5.74) is 1.15. The normalized spacial score (nSPS) is 12.5. The molecule has 0 spiro atoms. The second-order valence-electron chi connectivity index (χ2n) is 3.39. The first-order valence-electron chi connectivity index (χ1n) is 4.68. The van der Waals surface area contributed by atoms with E-state index in [-0.39, 0.29) is 5.82 Å². The number of benzene rings is 1. The zero-order valence-corrected chi connectivity index (χ0v) is 10.1. The molecule has 0 fully saturated rings. The minimum Gasteiger partial charge on any atom is -0.481 e. The maximum atomic E-state index is 13.5. The van der Waals surface area contributed by atoms with Crippen molar-refractivity contribution in [3.63, 3.8) is 0 Å². The standard InChI is InChI=1S/C11H12BrFO2/c1-3-7-4-8(6(2)11(14)15)5-9(12)10(7)13/h4-6H,3H2,1-2H3,(H,14,15). The highest BCUT2D eigenvalue weighted by molar-refractivity contribution is 9.10. The molecule has 0 aliphatic heterocycles. The van der Waals surface area contributed by atoms with Crippen LogP contribution in [0, 0.1) is 5.82 Å². The van der Waals surface area contributed by atoms with E-state index in [0.717, 1.165) is 0 Å². The molecule has 2 nitrogen and oxygen atoms in total. The fraction of sp³-hybridized carbons (Fsp3) is 0.364. The molecule has 1 atom stereocenters. The van der Waals surface area contributed by atoms with Gasteiger partial charge in [0.15, 0.2) is 0 Å². The number of aliphatic carboxylic acids is 1. The van der Waals surface area contributed by atoms with Gasteiger partial charge in [-0.15, -0.1) is 0 Å². The summed E-state index contributed by atoms with van der Waals surface area (Å²) in [6.45, 7) is 3.42. The van der Waals surface area contributed by atoms with E-state index in [0.29, 0.717) is 22.0 Å². The monoisotopic (exact) mass is 274 g/mol. The van der Waals surface area contributed by atoms with E-state index >= 15 is 0 Å². The van der Waals surface area contributed by atoms with Crippen molar-refractivity contribution in [1.29, 1.82) is 0 Å². The first kappa shape index (κ1) is 12.2. The third kappa shape index (κ3) is 2.56. The van der Waals surface area contributed by atoms with Gasteiger partial charge in [-0.2, -0.15) is 0 Å². The molecular weight excluding hydrogens is 263 g/mol. The van der Waals surface area contributed by atoms with Gasteiger partial charge in [-0.05, 0) is 46.5 Å². The van der Waals surface area contributed by atoms with E-state index in [1.807, 2.05) is 6.92 Å². The topological polar surface area (TPSA) is 37.3 Å². The quantitative estimate of drug-likeness (QED) is 0.918. The molecule has 1 aromatic rings. The summed E-state index contributed by atoms with van der Waals surface area (Å²) >= 11 is 3.09. The van der Waals surface area contributed by atoms with Gasteiger partial charge in [0.05, 0.1) is 10.4 Å². The van der Waals surface area contributed by atoms with Crippen molar-refractivity contribution in [2.75, 3.05) is 0 Å². The van der Waals surface area contributed by atoms with Crippen molar-refractivity contribution < 1.29 is 14.3 Å². The second-order valence-corrected chi connectivity index (χ2v) is 4.24. The van der Waals surface area contributed by atoms with Crippen LogP contribution in [0.4, 0.5) is 4.39 Å². The van der Waals surface area contributed by atoms with Crippen molar-refractivity contribution >= 4 is 21.9 Å². The Balaban J connectivity index is 3.22. The van der Waals surface area contributed by atoms with Crippen LogP contribution in [-0.4, -0.2) is 11.1 Å². The predicted molar refractivity (Wildman–Crippen MR) is 59.5 cm³/mol. The molecule has 0 heterocycles. The maximum Gasteiger partial charge on any atom is 0.310 e. The maximum absolute atomic E-state index is 13.5. The number of aryl methyl sites for hydroxylation is 1. The highest BCUT2D eigenvalue weighted by Crippen LogP contribution is 2.26. The fourth-order valence-electron chi connectivity index (χ4n) is 1.32. The Kier molecular flexibility index (Phi) is 3.85. The molecule has 1 aromatic carbocycles. The van der Waals surface area contributed by atoms with Gasteiger partial charge in [0.1, 0.15) is 5.82 Å². The van der Waals surface area contributed by atoms with Gasteiger partial charge in [0.2, 0.25) is 0 Å². The van der Waals surface area contributed by atoms with Crippen LogP contribution < -0.4 is 0 Å². The zero-order valence-electron chi connectivity index (χ0n) is 8.55. The number of carboxylic acid groups (broad SMARTS) is 1. The summed E-state index contributed by atoms with van der Waals surface area (Å²) in [4.78, 5) is 10.8. The van der Waals surface area contributed by atoms with Crippen LogP contribution in [0.1, 0.15) is 30.9 Å². The predicted octanol–water partition coefficient (Wildman–Crippen LogP) is 3.34. The Morgan fingerprint density at radius 1 is 1.60 bits per heavy atom. The van der Waals surface area contributed by atoms with Crippen LogP contribution in [0.5, 0.6) is 0 Å². The highest BCUT2D eigenvalue weighted by atomic mass is 79.9. The molecule has 0 radical (unpaired) electrons. The lowest BCUT2D eigenvalue weighted by atomic mass is 9.98. The number of hydrogen-bond acceptors (Lipinski definition) is 1. The second kappa shape index (κ2) is 4.75. The van der Waals surface area contributed by atoms with E-state index in [1.54, 1.807) is 13.0 Å². The lowest BCUT2D eigenvalue weighted by Crippen LogP contribution is -2.08. The summed E-state index contributed by atoms with van der Waals surface area (Å²) in [7, 11) is 0. The van der Waals surface area contributed by atoms with Gasteiger partial charge in [0, 0.05) is 0 Å². The Hall–Kier alpha value is -0.900. The summed E-state index contributed by atoms with van der Waals surface area (Å²) in [5, 5.41) is 8.85. The summed E-state index contributed by atoms with van der Waals surface area (Å²) in [6.07, 6.45) is 0.546. The summed E-state index contributed by atoms with van der Waals surface area (Å²) in [6, 6.07) is 3.13. The van der Waals surface area contributed by atoms with Crippen molar-refractivity contribution in [2.45, 2.75) is 26.2 Å². The number of carbonyl (C=O) groups is 1. The van der Waals surface area contributed by atoms with Gasteiger partial charge in [-0.3, -0.25) is 4.79 Å². The Bertz CT molecular complexity index is 390. The Morgan fingerprint density at radius 3 is 2.67 bits per heavy atom. The third-order valence-corrected chi connectivity index (χ3v) is 2.95. The largest absolute Gasteiger partial charge is 0.481 e. The van der Waals surface area contributed by atoms with Crippen LogP contribution >= 0.6 is 15.9 Å². The van der Waals surface area contributed by atoms with Crippen molar-refractivity contribution in [3.05, 3.63) is 33.5 Å². The zero-order chi connectivity index (χ0) is 11.6. The molecule has 1 N–H and O–H groups in total. The molecule has 0 saturated carbocycles. The van der Waals surface area contributed by atoms with Crippen LogP contribution in [0.15, 0.2) is 16.6 Å². The van der Waals surface area contributed by atoms with Crippen LogP contribution in [0.2, 0.25) is 0 Å². The van der Waals surface area contributed by atoms with Gasteiger partial charge in [0.25, 0.3) is 0 Å². The van der Waals surface area contributed by atoms with E-state index in [9.17, 15) is 9.18 Å². The molecule has 0 aliphatic carbocycles. The highest BCUT2D eigenvalue weighted by Gasteiger charge is 2.17. The molecule has 0 aromatic heterocycles. The average Bonchev–Trinajstić information content (AvgIpc) is 2.20. The molecule has 0 bridgehead atoms. The van der Waals surface area contributed by atoms with Crippen LogP contribution in [0.3, 0.4) is 0 Å². The SMILES string of the molecule is CCc1cc(C(C)C(=O)O)cc(Br)c1F. The minimum absolute atomic E-state index is 0.307.